The number of carbonyl (C=O) groups is 1. The van der Waals surface area contributed by atoms with Gasteiger partial charge in [0.25, 0.3) is 0 Å². The summed E-state index contributed by atoms with van der Waals surface area (Å²) in [4.78, 5) is 11.5. The first-order valence-electron chi connectivity index (χ1n) is 6.75. The van der Waals surface area contributed by atoms with Crippen molar-refractivity contribution in [1.29, 1.82) is 0 Å². The minimum absolute atomic E-state index is 0.117. The van der Waals surface area contributed by atoms with Crippen LogP contribution < -0.4 is 5.32 Å². The molecule has 106 valence electrons. The highest BCUT2D eigenvalue weighted by atomic mass is 32.2. The van der Waals surface area contributed by atoms with Crippen molar-refractivity contribution in [1.82, 2.24) is 5.32 Å². The quantitative estimate of drug-likeness (QED) is 0.889. The number of rotatable bonds is 5. The van der Waals surface area contributed by atoms with Crippen molar-refractivity contribution in [3.8, 4) is 0 Å². The Morgan fingerprint density at radius 3 is 2.26 bits per heavy atom. The van der Waals surface area contributed by atoms with Gasteiger partial charge in [-0.2, -0.15) is 0 Å². The Kier molecular flexibility index (Phi) is 5.92. The fourth-order valence-corrected chi connectivity index (χ4v) is 2.53. The van der Waals surface area contributed by atoms with Crippen molar-refractivity contribution < 1.29 is 4.79 Å². The second kappa shape index (κ2) is 6.99. The van der Waals surface area contributed by atoms with E-state index in [1.54, 1.807) is 11.8 Å². The van der Waals surface area contributed by atoms with Gasteiger partial charge in [0.2, 0.25) is 5.91 Å². The number of amides is 1. The van der Waals surface area contributed by atoms with Gasteiger partial charge in [-0.25, -0.2) is 0 Å². The first kappa shape index (κ1) is 16.1. The Bertz CT molecular complexity index is 404. The van der Waals surface area contributed by atoms with Gasteiger partial charge in [0.1, 0.15) is 0 Å². The van der Waals surface area contributed by atoms with Crippen molar-refractivity contribution in [2.75, 3.05) is 5.75 Å². The highest BCUT2D eigenvalue weighted by molar-refractivity contribution is 7.99. The normalized spacial score (nSPS) is 11.7. The van der Waals surface area contributed by atoms with Gasteiger partial charge in [-0.15, -0.1) is 11.8 Å². The second-order valence-corrected chi connectivity index (χ2v) is 7.15. The Labute approximate surface area is 121 Å². The average Bonchev–Trinajstić information content (AvgIpc) is 2.27. The number of nitrogens with one attached hydrogen (secondary N) is 1. The van der Waals surface area contributed by atoms with Crippen LogP contribution in [0.25, 0.3) is 0 Å². The highest BCUT2D eigenvalue weighted by Gasteiger charge is 2.12. The zero-order valence-electron chi connectivity index (χ0n) is 12.6. The van der Waals surface area contributed by atoms with Gasteiger partial charge in [0.15, 0.2) is 0 Å². The summed E-state index contributed by atoms with van der Waals surface area (Å²) in [7, 11) is 0. The van der Waals surface area contributed by atoms with Gasteiger partial charge in [-0.1, -0.05) is 45.0 Å². The van der Waals surface area contributed by atoms with E-state index in [-0.39, 0.29) is 17.4 Å². The molecule has 1 aromatic rings. The van der Waals surface area contributed by atoms with E-state index in [1.165, 1.54) is 11.1 Å². The molecule has 0 fully saturated rings. The number of hydrogen-bond acceptors (Lipinski definition) is 2. The lowest BCUT2D eigenvalue weighted by Crippen LogP contribution is -2.31. The van der Waals surface area contributed by atoms with Gasteiger partial charge in [-0.05, 0) is 30.4 Å². The zero-order valence-corrected chi connectivity index (χ0v) is 13.4. The molecule has 0 aromatic heterocycles. The third kappa shape index (κ3) is 6.15. The molecule has 0 spiro atoms. The van der Waals surface area contributed by atoms with Crippen LogP contribution in [-0.4, -0.2) is 17.7 Å². The predicted octanol–water partition coefficient (Wildman–Crippen LogP) is 3.74. The van der Waals surface area contributed by atoms with Crippen LogP contribution in [0.4, 0.5) is 0 Å². The van der Waals surface area contributed by atoms with Crippen molar-refractivity contribution in [3.63, 3.8) is 0 Å². The molecule has 0 heterocycles. The molecule has 0 saturated carbocycles. The third-order valence-corrected chi connectivity index (χ3v) is 3.78. The molecule has 3 heteroatoms. The lowest BCUT2D eigenvalue weighted by atomic mass is 9.87. The van der Waals surface area contributed by atoms with Crippen LogP contribution in [0.5, 0.6) is 0 Å². The maximum Gasteiger partial charge on any atom is 0.230 e. The molecule has 0 saturated heterocycles. The molecule has 0 radical (unpaired) electrons. The van der Waals surface area contributed by atoms with Crippen LogP contribution in [-0.2, 0) is 16.0 Å². The SMILES string of the molecule is CC(C)NC(=O)CSCc1ccc(C(C)(C)C)cc1. The standard InChI is InChI=1S/C16H25NOS/c1-12(2)17-15(18)11-19-10-13-6-8-14(9-7-13)16(3,4)5/h6-9,12H,10-11H2,1-5H3,(H,17,18). The second-order valence-electron chi connectivity index (χ2n) is 6.16. The summed E-state index contributed by atoms with van der Waals surface area (Å²) < 4.78 is 0. The van der Waals surface area contributed by atoms with Crippen molar-refractivity contribution >= 4 is 17.7 Å². The summed E-state index contributed by atoms with van der Waals surface area (Å²) in [5, 5.41) is 2.90. The molecule has 1 rings (SSSR count). The van der Waals surface area contributed by atoms with Crippen LogP contribution in [0, 0.1) is 0 Å². The maximum absolute atomic E-state index is 11.5. The average molecular weight is 279 g/mol. The van der Waals surface area contributed by atoms with E-state index in [0.29, 0.717) is 5.75 Å². The number of thioether (sulfide) groups is 1. The molecule has 0 aliphatic rings. The molecule has 1 aromatic carbocycles. The topological polar surface area (TPSA) is 29.1 Å². The summed E-state index contributed by atoms with van der Waals surface area (Å²) in [6, 6.07) is 8.91. The molecular formula is C16H25NOS. The molecule has 0 aliphatic carbocycles. The fourth-order valence-electron chi connectivity index (χ4n) is 1.73. The molecule has 0 unspecified atom stereocenters. The molecule has 0 atom stereocenters. The zero-order chi connectivity index (χ0) is 14.5. The minimum Gasteiger partial charge on any atom is -0.353 e. The lowest BCUT2D eigenvalue weighted by molar-refractivity contribution is -0.119. The summed E-state index contributed by atoms with van der Waals surface area (Å²) in [5.74, 6) is 1.53. The van der Waals surface area contributed by atoms with E-state index in [0.717, 1.165) is 5.75 Å². The molecule has 2 nitrogen and oxygen atoms in total. The molecule has 0 aliphatic heterocycles. The van der Waals surface area contributed by atoms with E-state index in [4.69, 9.17) is 0 Å². The molecule has 19 heavy (non-hydrogen) atoms. The summed E-state index contributed by atoms with van der Waals surface area (Å²) in [5.41, 5.74) is 2.82. The van der Waals surface area contributed by atoms with Gasteiger partial charge in [-0.3, -0.25) is 4.79 Å². The van der Waals surface area contributed by atoms with Crippen molar-refractivity contribution in [2.24, 2.45) is 0 Å². The van der Waals surface area contributed by atoms with Crippen LogP contribution in [0.2, 0.25) is 0 Å². The monoisotopic (exact) mass is 279 g/mol. The fraction of sp³-hybridized carbons (Fsp3) is 0.562. The van der Waals surface area contributed by atoms with Crippen LogP contribution in [0.15, 0.2) is 24.3 Å². The highest BCUT2D eigenvalue weighted by Crippen LogP contribution is 2.23. The first-order chi connectivity index (χ1) is 8.79. The van der Waals surface area contributed by atoms with Gasteiger partial charge < -0.3 is 5.32 Å². The first-order valence-corrected chi connectivity index (χ1v) is 7.91. The predicted molar refractivity (Wildman–Crippen MR) is 84.6 cm³/mol. The Balaban J connectivity index is 2.40. The minimum atomic E-state index is 0.117. The number of carbonyl (C=O) groups excluding carboxylic acids is 1. The van der Waals surface area contributed by atoms with Gasteiger partial charge >= 0.3 is 0 Å². The Hall–Kier alpha value is -0.960. The number of hydrogen-bond donors (Lipinski definition) is 1. The summed E-state index contributed by atoms with van der Waals surface area (Å²) in [6.07, 6.45) is 0. The van der Waals surface area contributed by atoms with Crippen LogP contribution in [0.3, 0.4) is 0 Å². The largest absolute Gasteiger partial charge is 0.353 e. The van der Waals surface area contributed by atoms with Crippen LogP contribution in [0.1, 0.15) is 45.7 Å². The van der Waals surface area contributed by atoms with E-state index >= 15 is 0 Å². The molecule has 1 amide bonds. The van der Waals surface area contributed by atoms with Gasteiger partial charge in [0, 0.05) is 11.8 Å². The molecule has 1 N–H and O–H groups in total. The number of benzene rings is 1. The van der Waals surface area contributed by atoms with E-state index < -0.39 is 0 Å². The molecule has 0 bridgehead atoms. The van der Waals surface area contributed by atoms with E-state index in [2.05, 4.69) is 50.4 Å². The van der Waals surface area contributed by atoms with Crippen molar-refractivity contribution in [2.45, 2.75) is 51.8 Å². The van der Waals surface area contributed by atoms with Gasteiger partial charge in [0.05, 0.1) is 5.75 Å². The van der Waals surface area contributed by atoms with E-state index in [9.17, 15) is 4.79 Å². The Morgan fingerprint density at radius 2 is 1.79 bits per heavy atom. The summed E-state index contributed by atoms with van der Waals surface area (Å²) in [6.45, 7) is 10.6. The lowest BCUT2D eigenvalue weighted by Gasteiger charge is -2.19. The van der Waals surface area contributed by atoms with Crippen molar-refractivity contribution in [3.05, 3.63) is 35.4 Å². The maximum atomic E-state index is 11.5. The molecular weight excluding hydrogens is 254 g/mol. The smallest absolute Gasteiger partial charge is 0.230 e. The summed E-state index contributed by atoms with van der Waals surface area (Å²) >= 11 is 1.66. The Morgan fingerprint density at radius 1 is 1.21 bits per heavy atom. The van der Waals surface area contributed by atoms with Crippen LogP contribution >= 0.6 is 11.8 Å². The third-order valence-electron chi connectivity index (χ3n) is 2.77. The van der Waals surface area contributed by atoms with E-state index in [1.807, 2.05) is 13.8 Å².